The van der Waals surface area contributed by atoms with Crippen LogP contribution in [0.5, 0.6) is 0 Å². The van der Waals surface area contributed by atoms with E-state index in [0.29, 0.717) is 16.6 Å². The Morgan fingerprint density at radius 3 is 1.59 bits per heavy atom. The molecule has 2 nitrogen and oxygen atoms in total. The third-order valence-corrected chi connectivity index (χ3v) is 9.87. The normalized spacial score (nSPS) is 14.5. The van der Waals surface area contributed by atoms with Gasteiger partial charge in [-0.25, -0.2) is 0 Å². The molecule has 0 spiro atoms. The topological polar surface area (TPSA) is 26.3 Å². The van der Waals surface area contributed by atoms with Crippen LogP contribution in [0, 0.1) is 0 Å². The fourth-order valence-corrected chi connectivity index (χ4v) is 8.48. The maximum Gasteiger partial charge on any atom is 0.201 e. The standard InChI is InChI=1S/C14H28O2Si/c1-9-14(15)13(8)16-17(10(2)3,11(4)5)12(6)7/h9-13H,1H2,2-8H3. The van der Waals surface area contributed by atoms with Crippen LogP contribution in [-0.2, 0) is 9.22 Å². The first-order valence-electron chi connectivity index (χ1n) is 6.54. The van der Waals surface area contributed by atoms with Crippen LogP contribution >= 0.6 is 0 Å². The Hall–Kier alpha value is -0.413. The summed E-state index contributed by atoms with van der Waals surface area (Å²) in [6, 6.07) is 0. The minimum Gasteiger partial charge on any atom is -0.406 e. The highest BCUT2D eigenvalue weighted by atomic mass is 28.4. The Kier molecular flexibility index (Phi) is 6.34. The molecule has 0 aromatic heterocycles. The molecule has 0 bridgehead atoms. The van der Waals surface area contributed by atoms with Gasteiger partial charge in [0.15, 0.2) is 5.78 Å². The van der Waals surface area contributed by atoms with Gasteiger partial charge in [-0.3, -0.25) is 4.79 Å². The van der Waals surface area contributed by atoms with Crippen LogP contribution in [0.1, 0.15) is 48.5 Å². The van der Waals surface area contributed by atoms with Gasteiger partial charge in [0.05, 0.1) is 0 Å². The van der Waals surface area contributed by atoms with Crippen molar-refractivity contribution in [2.24, 2.45) is 0 Å². The second-order valence-corrected chi connectivity index (χ2v) is 11.1. The average Bonchev–Trinajstić information content (AvgIpc) is 2.22. The fraction of sp³-hybridized carbons (Fsp3) is 0.786. The predicted octanol–water partition coefficient (Wildman–Crippen LogP) is 4.32. The first-order valence-corrected chi connectivity index (χ1v) is 8.68. The first-order chi connectivity index (χ1) is 7.70. The van der Waals surface area contributed by atoms with Crippen molar-refractivity contribution in [3.05, 3.63) is 12.7 Å². The summed E-state index contributed by atoms with van der Waals surface area (Å²) in [6.45, 7) is 18.7. The summed E-state index contributed by atoms with van der Waals surface area (Å²) in [6.07, 6.45) is 1.01. The quantitative estimate of drug-likeness (QED) is 0.501. The van der Waals surface area contributed by atoms with Gasteiger partial charge in [-0.05, 0) is 29.6 Å². The van der Waals surface area contributed by atoms with Crippen molar-refractivity contribution in [3.63, 3.8) is 0 Å². The van der Waals surface area contributed by atoms with Crippen molar-refractivity contribution in [2.45, 2.75) is 71.2 Å². The highest BCUT2D eigenvalue weighted by Crippen LogP contribution is 2.42. The lowest BCUT2D eigenvalue weighted by Crippen LogP contribution is -2.50. The highest BCUT2D eigenvalue weighted by molar-refractivity contribution is 6.77. The molecular weight excluding hydrogens is 228 g/mol. The lowest BCUT2D eigenvalue weighted by molar-refractivity contribution is -0.120. The summed E-state index contributed by atoms with van der Waals surface area (Å²) in [5.74, 6) is -0.0103. The SMILES string of the molecule is C=CC(=O)C(C)O[Si](C(C)C)(C(C)C)C(C)C. The maximum absolute atomic E-state index is 11.6. The molecule has 0 aromatic rings. The number of hydrogen-bond acceptors (Lipinski definition) is 2. The van der Waals surface area contributed by atoms with Crippen LogP contribution < -0.4 is 0 Å². The zero-order chi connectivity index (χ0) is 13.8. The molecule has 0 rings (SSSR count). The number of carbonyl (C=O) groups is 1. The van der Waals surface area contributed by atoms with Crippen molar-refractivity contribution in [1.29, 1.82) is 0 Å². The maximum atomic E-state index is 11.6. The summed E-state index contributed by atoms with van der Waals surface area (Å²) in [5, 5.41) is 0. The molecule has 0 aliphatic rings. The summed E-state index contributed by atoms with van der Waals surface area (Å²) in [4.78, 5) is 11.6. The Morgan fingerprint density at radius 2 is 1.35 bits per heavy atom. The number of hydrogen-bond donors (Lipinski definition) is 0. The van der Waals surface area contributed by atoms with Crippen molar-refractivity contribution < 1.29 is 9.22 Å². The smallest absolute Gasteiger partial charge is 0.201 e. The summed E-state index contributed by atoms with van der Waals surface area (Å²) in [7, 11) is -1.94. The second kappa shape index (κ2) is 6.50. The number of carbonyl (C=O) groups excluding carboxylic acids is 1. The molecular formula is C14H28O2Si. The van der Waals surface area contributed by atoms with Crippen LogP contribution in [0.25, 0.3) is 0 Å². The zero-order valence-electron chi connectivity index (χ0n) is 12.4. The van der Waals surface area contributed by atoms with Crippen LogP contribution in [0.3, 0.4) is 0 Å². The van der Waals surface area contributed by atoms with Crippen LogP contribution in [0.15, 0.2) is 12.7 Å². The molecule has 0 aliphatic carbocycles. The largest absolute Gasteiger partial charge is 0.406 e. The molecule has 0 amide bonds. The van der Waals surface area contributed by atoms with E-state index < -0.39 is 8.32 Å². The van der Waals surface area contributed by atoms with Crippen LogP contribution in [-0.4, -0.2) is 20.2 Å². The monoisotopic (exact) mass is 256 g/mol. The second-order valence-electron chi connectivity index (χ2n) is 5.68. The third-order valence-electron chi connectivity index (χ3n) is 3.69. The van der Waals surface area contributed by atoms with Gasteiger partial charge < -0.3 is 4.43 Å². The molecule has 0 aliphatic heterocycles. The van der Waals surface area contributed by atoms with Gasteiger partial charge in [-0.15, -0.1) is 0 Å². The van der Waals surface area contributed by atoms with E-state index in [0.717, 1.165) is 0 Å². The zero-order valence-corrected chi connectivity index (χ0v) is 13.4. The summed E-state index contributed by atoms with van der Waals surface area (Å²) in [5.41, 5.74) is 1.51. The molecule has 1 unspecified atom stereocenters. The third kappa shape index (κ3) is 3.52. The summed E-state index contributed by atoms with van der Waals surface area (Å²) >= 11 is 0. The molecule has 0 N–H and O–H groups in total. The Balaban J connectivity index is 5.19. The van der Waals surface area contributed by atoms with Gasteiger partial charge in [0.2, 0.25) is 8.32 Å². The molecule has 0 saturated carbocycles. The molecule has 0 aromatic carbocycles. The van der Waals surface area contributed by atoms with E-state index in [1.54, 1.807) is 0 Å². The minimum atomic E-state index is -1.94. The lowest BCUT2D eigenvalue weighted by atomic mass is 10.3. The molecule has 0 radical (unpaired) electrons. The molecule has 0 saturated heterocycles. The van der Waals surface area contributed by atoms with Gasteiger partial charge in [0.25, 0.3) is 0 Å². The van der Waals surface area contributed by atoms with Gasteiger partial charge in [0.1, 0.15) is 6.10 Å². The van der Waals surface area contributed by atoms with Crippen molar-refractivity contribution in [1.82, 2.24) is 0 Å². The molecule has 17 heavy (non-hydrogen) atoms. The molecule has 0 fully saturated rings. The van der Waals surface area contributed by atoms with Gasteiger partial charge in [-0.2, -0.15) is 0 Å². The molecule has 3 heteroatoms. The van der Waals surface area contributed by atoms with Crippen molar-refractivity contribution in [2.75, 3.05) is 0 Å². The van der Waals surface area contributed by atoms with Crippen molar-refractivity contribution >= 4 is 14.1 Å². The lowest BCUT2D eigenvalue weighted by Gasteiger charge is -2.43. The number of rotatable bonds is 7. The summed E-state index contributed by atoms with van der Waals surface area (Å²) < 4.78 is 6.29. The molecule has 1 atom stereocenters. The van der Waals surface area contributed by atoms with E-state index in [4.69, 9.17) is 4.43 Å². The molecule has 100 valence electrons. The Labute approximate surface area is 108 Å². The van der Waals surface area contributed by atoms with Crippen molar-refractivity contribution in [3.8, 4) is 0 Å². The van der Waals surface area contributed by atoms with E-state index in [1.807, 2.05) is 6.92 Å². The van der Waals surface area contributed by atoms with Crippen LogP contribution in [0.4, 0.5) is 0 Å². The van der Waals surface area contributed by atoms with E-state index in [1.165, 1.54) is 6.08 Å². The number of ketones is 1. The predicted molar refractivity (Wildman–Crippen MR) is 76.8 cm³/mol. The van der Waals surface area contributed by atoms with Gasteiger partial charge >= 0.3 is 0 Å². The van der Waals surface area contributed by atoms with E-state index in [-0.39, 0.29) is 11.9 Å². The minimum absolute atomic E-state index is 0.0103. The van der Waals surface area contributed by atoms with E-state index in [9.17, 15) is 4.79 Å². The average molecular weight is 256 g/mol. The molecule has 0 heterocycles. The highest BCUT2D eigenvalue weighted by Gasteiger charge is 2.46. The fourth-order valence-electron chi connectivity index (χ4n) is 2.94. The first kappa shape index (κ1) is 16.6. The van der Waals surface area contributed by atoms with Gasteiger partial charge in [-0.1, -0.05) is 48.1 Å². The van der Waals surface area contributed by atoms with E-state index in [2.05, 4.69) is 48.1 Å². The van der Waals surface area contributed by atoms with Gasteiger partial charge in [0, 0.05) is 0 Å². The Morgan fingerprint density at radius 1 is 1.00 bits per heavy atom. The Bertz CT molecular complexity index is 248. The van der Waals surface area contributed by atoms with Crippen LogP contribution in [0.2, 0.25) is 16.6 Å². The van der Waals surface area contributed by atoms with E-state index >= 15 is 0 Å².